The molecule has 0 aliphatic rings. The maximum atomic E-state index is 12.3. The van der Waals surface area contributed by atoms with E-state index in [0.717, 1.165) is 30.3 Å². The van der Waals surface area contributed by atoms with E-state index in [1.54, 1.807) is 11.6 Å². The van der Waals surface area contributed by atoms with Gasteiger partial charge in [-0.25, -0.2) is 9.78 Å². The van der Waals surface area contributed by atoms with Crippen molar-refractivity contribution in [2.45, 2.75) is 44.9 Å². The third kappa shape index (κ3) is 3.74. The average molecular weight is 338 g/mol. The van der Waals surface area contributed by atoms with Gasteiger partial charge in [0.05, 0.1) is 12.2 Å². The highest BCUT2D eigenvalue weighted by atomic mass is 32.2. The zero-order valence-electron chi connectivity index (χ0n) is 13.7. The molecule has 0 unspecified atom stereocenters. The number of unbranched alkanes of at least 4 members (excludes halogenated alkanes) is 3. The van der Waals surface area contributed by atoms with E-state index >= 15 is 0 Å². The monoisotopic (exact) mass is 338 g/mol. The molecule has 0 atom stereocenters. The summed E-state index contributed by atoms with van der Waals surface area (Å²) in [5, 5.41) is 0.115. The Labute approximate surface area is 138 Å². The number of imidazole rings is 1. The van der Waals surface area contributed by atoms with Crippen molar-refractivity contribution >= 4 is 28.0 Å². The summed E-state index contributed by atoms with van der Waals surface area (Å²) in [7, 11) is 3.01. The van der Waals surface area contributed by atoms with Gasteiger partial charge < -0.3 is 4.57 Å². The van der Waals surface area contributed by atoms with Gasteiger partial charge in [0, 0.05) is 20.5 Å². The molecule has 23 heavy (non-hydrogen) atoms. The van der Waals surface area contributed by atoms with Crippen molar-refractivity contribution in [3.05, 3.63) is 27.2 Å². The summed E-state index contributed by atoms with van der Waals surface area (Å²) in [5.74, 6) is 0.330. The lowest BCUT2D eigenvalue weighted by Gasteiger charge is -2.06. The molecule has 2 aromatic heterocycles. The first kappa shape index (κ1) is 17.5. The Morgan fingerprint density at radius 1 is 1.17 bits per heavy atom. The molecular formula is C15H22N4O3S. The minimum Gasteiger partial charge on any atom is -0.314 e. The van der Waals surface area contributed by atoms with Crippen LogP contribution >= 0.6 is 11.8 Å². The second-order valence-electron chi connectivity index (χ2n) is 5.55. The lowest BCUT2D eigenvalue weighted by molar-refractivity contribution is -0.111. The fourth-order valence-electron chi connectivity index (χ4n) is 2.40. The zero-order chi connectivity index (χ0) is 17.0. The van der Waals surface area contributed by atoms with Gasteiger partial charge in [0.25, 0.3) is 5.56 Å². The number of hydrogen-bond acceptors (Lipinski definition) is 5. The molecule has 2 rings (SSSR count). The third-order valence-corrected chi connectivity index (χ3v) is 4.75. The predicted octanol–water partition coefficient (Wildman–Crippen LogP) is 1.62. The van der Waals surface area contributed by atoms with Crippen molar-refractivity contribution in [1.82, 2.24) is 18.7 Å². The number of hydrogen-bond donors (Lipinski definition) is 0. The van der Waals surface area contributed by atoms with Crippen molar-refractivity contribution in [3.63, 3.8) is 0 Å². The van der Waals surface area contributed by atoms with E-state index < -0.39 is 11.2 Å². The molecule has 0 amide bonds. The first-order valence-electron chi connectivity index (χ1n) is 7.73. The fourth-order valence-corrected chi connectivity index (χ4v) is 3.17. The molecule has 0 saturated heterocycles. The van der Waals surface area contributed by atoms with Gasteiger partial charge in [-0.2, -0.15) is 0 Å². The van der Waals surface area contributed by atoms with Crippen molar-refractivity contribution in [3.8, 4) is 0 Å². The number of thioether (sulfide) groups is 1. The molecule has 0 aliphatic carbocycles. The lowest BCUT2D eigenvalue weighted by atomic mass is 10.2. The Morgan fingerprint density at radius 3 is 2.61 bits per heavy atom. The number of carbonyl (C=O) groups excluding carboxylic acids is 1. The predicted molar refractivity (Wildman–Crippen MR) is 91.6 cm³/mol. The van der Waals surface area contributed by atoms with E-state index in [-0.39, 0.29) is 5.12 Å². The number of rotatable bonds is 7. The Kier molecular flexibility index (Phi) is 5.81. The van der Waals surface area contributed by atoms with Gasteiger partial charge >= 0.3 is 5.69 Å². The summed E-state index contributed by atoms with van der Waals surface area (Å²) >= 11 is 1.18. The first-order valence-corrected chi connectivity index (χ1v) is 8.72. The molecule has 126 valence electrons. The number of aryl methyl sites for hydroxylation is 1. The molecule has 0 N–H and O–H groups in total. The normalized spacial score (nSPS) is 11.3. The quantitative estimate of drug-likeness (QED) is 0.717. The Hall–Kier alpha value is -1.83. The van der Waals surface area contributed by atoms with Crippen LogP contribution in [0, 0.1) is 0 Å². The molecule has 2 heterocycles. The van der Waals surface area contributed by atoms with Gasteiger partial charge in [-0.3, -0.25) is 18.7 Å². The fraction of sp³-hybridized carbons (Fsp3) is 0.600. The van der Waals surface area contributed by atoms with Crippen LogP contribution in [0.2, 0.25) is 0 Å². The Morgan fingerprint density at radius 2 is 1.91 bits per heavy atom. The molecular weight excluding hydrogens is 316 g/mol. The van der Waals surface area contributed by atoms with E-state index in [1.165, 1.54) is 29.7 Å². The molecule has 0 aromatic carbocycles. The second-order valence-corrected chi connectivity index (χ2v) is 6.55. The molecule has 2 aromatic rings. The van der Waals surface area contributed by atoms with Crippen LogP contribution in [0.4, 0.5) is 0 Å². The maximum absolute atomic E-state index is 12.3. The standard InChI is InChI=1S/C15H22N4O3S/c1-4-5-6-7-8-11(20)23-10-19-9-16-13-12(19)14(21)18(3)15(22)17(13)2/h9H,4-8,10H2,1-3H3. The summed E-state index contributed by atoms with van der Waals surface area (Å²) in [6.07, 6.45) is 6.31. The first-order chi connectivity index (χ1) is 11.0. The average Bonchev–Trinajstić information content (AvgIpc) is 2.97. The highest BCUT2D eigenvalue weighted by Gasteiger charge is 2.14. The lowest BCUT2D eigenvalue weighted by Crippen LogP contribution is -2.37. The summed E-state index contributed by atoms with van der Waals surface area (Å²) in [6, 6.07) is 0. The van der Waals surface area contributed by atoms with Crippen LogP contribution in [-0.4, -0.2) is 23.8 Å². The summed E-state index contributed by atoms with van der Waals surface area (Å²) in [4.78, 5) is 40.2. The van der Waals surface area contributed by atoms with Gasteiger partial charge in [-0.15, -0.1) is 0 Å². The minimum atomic E-state index is -0.410. The Balaban J connectivity index is 2.12. The van der Waals surface area contributed by atoms with Crippen LogP contribution in [0.15, 0.2) is 15.9 Å². The smallest absolute Gasteiger partial charge is 0.314 e. The molecule has 8 heteroatoms. The van der Waals surface area contributed by atoms with Crippen LogP contribution in [0.3, 0.4) is 0 Å². The van der Waals surface area contributed by atoms with E-state index in [2.05, 4.69) is 11.9 Å². The zero-order valence-corrected chi connectivity index (χ0v) is 14.6. The third-order valence-electron chi connectivity index (χ3n) is 3.82. The van der Waals surface area contributed by atoms with Crippen molar-refractivity contribution in [2.24, 2.45) is 14.1 Å². The van der Waals surface area contributed by atoms with E-state index in [9.17, 15) is 14.4 Å². The van der Waals surface area contributed by atoms with Gasteiger partial charge in [0.15, 0.2) is 16.3 Å². The number of fused-ring (bicyclic) bond motifs is 1. The highest BCUT2D eigenvalue weighted by Crippen LogP contribution is 2.15. The van der Waals surface area contributed by atoms with Crippen LogP contribution in [-0.2, 0) is 24.8 Å². The van der Waals surface area contributed by atoms with Crippen LogP contribution < -0.4 is 11.2 Å². The second kappa shape index (κ2) is 7.63. The number of nitrogens with zero attached hydrogens (tertiary/aromatic N) is 4. The van der Waals surface area contributed by atoms with Crippen LogP contribution in [0.5, 0.6) is 0 Å². The van der Waals surface area contributed by atoms with Crippen molar-refractivity contribution < 1.29 is 4.79 Å². The topological polar surface area (TPSA) is 78.9 Å². The molecule has 7 nitrogen and oxygen atoms in total. The van der Waals surface area contributed by atoms with Crippen LogP contribution in [0.1, 0.15) is 39.0 Å². The summed E-state index contributed by atoms with van der Waals surface area (Å²) in [6.45, 7) is 2.13. The molecule has 0 bridgehead atoms. The van der Waals surface area contributed by atoms with Gasteiger partial charge in [-0.1, -0.05) is 37.9 Å². The molecule has 0 fully saturated rings. The highest BCUT2D eigenvalue weighted by molar-refractivity contribution is 8.12. The SMILES string of the molecule is CCCCCCC(=O)SCn1cnc2c1c(=O)n(C)c(=O)n2C. The van der Waals surface area contributed by atoms with Crippen LogP contribution in [0.25, 0.3) is 11.2 Å². The maximum Gasteiger partial charge on any atom is 0.332 e. The summed E-state index contributed by atoms with van der Waals surface area (Å²) < 4.78 is 4.02. The molecule has 0 spiro atoms. The Bertz CT molecular complexity index is 818. The number of carbonyl (C=O) groups is 1. The van der Waals surface area contributed by atoms with Crippen molar-refractivity contribution in [2.75, 3.05) is 0 Å². The molecule has 0 saturated carbocycles. The van der Waals surface area contributed by atoms with E-state index in [0.29, 0.717) is 23.5 Å². The van der Waals surface area contributed by atoms with Gasteiger partial charge in [0.2, 0.25) is 0 Å². The summed E-state index contributed by atoms with van der Waals surface area (Å²) in [5.41, 5.74) is -0.112. The van der Waals surface area contributed by atoms with E-state index in [4.69, 9.17) is 0 Å². The number of aromatic nitrogens is 4. The van der Waals surface area contributed by atoms with Gasteiger partial charge in [-0.05, 0) is 6.42 Å². The molecule has 0 aliphatic heterocycles. The van der Waals surface area contributed by atoms with E-state index in [1.807, 2.05) is 0 Å². The van der Waals surface area contributed by atoms with Gasteiger partial charge in [0.1, 0.15) is 0 Å². The molecule has 0 radical (unpaired) electrons. The largest absolute Gasteiger partial charge is 0.332 e. The van der Waals surface area contributed by atoms with Crippen molar-refractivity contribution in [1.29, 1.82) is 0 Å². The minimum absolute atomic E-state index is 0.115.